The van der Waals surface area contributed by atoms with Gasteiger partial charge in [0.15, 0.2) is 6.10 Å². The lowest BCUT2D eigenvalue weighted by atomic mass is 10.0. The van der Waals surface area contributed by atoms with Crippen molar-refractivity contribution < 1.29 is 14.3 Å². The number of methoxy groups -OCH3 is 1. The number of ether oxygens (including phenoxy) is 2. The molecule has 6 nitrogen and oxygen atoms in total. The van der Waals surface area contributed by atoms with E-state index in [4.69, 9.17) is 14.7 Å². The summed E-state index contributed by atoms with van der Waals surface area (Å²) >= 11 is 0. The molecule has 1 amide bonds. The molecule has 27 heavy (non-hydrogen) atoms. The average Bonchev–Trinajstić information content (AvgIpc) is 2.68. The van der Waals surface area contributed by atoms with Gasteiger partial charge in [0.2, 0.25) is 0 Å². The second-order valence-electron chi connectivity index (χ2n) is 6.36. The van der Waals surface area contributed by atoms with Gasteiger partial charge in [-0.25, -0.2) is 0 Å². The summed E-state index contributed by atoms with van der Waals surface area (Å²) in [5, 5.41) is 11.8. The van der Waals surface area contributed by atoms with Crippen LogP contribution >= 0.6 is 0 Å². The SMILES string of the molecule is COc1ccccc1C(CNC(=O)C(C)Oc1ccc(C#N)cc1)N(C)C. The van der Waals surface area contributed by atoms with Crippen molar-refractivity contribution in [1.29, 1.82) is 5.26 Å². The van der Waals surface area contributed by atoms with E-state index in [0.717, 1.165) is 11.3 Å². The van der Waals surface area contributed by atoms with Gasteiger partial charge in [-0.05, 0) is 51.4 Å². The molecule has 0 aromatic heterocycles. The van der Waals surface area contributed by atoms with Crippen molar-refractivity contribution in [3.63, 3.8) is 0 Å². The van der Waals surface area contributed by atoms with Gasteiger partial charge >= 0.3 is 0 Å². The van der Waals surface area contributed by atoms with Gasteiger partial charge in [-0.2, -0.15) is 5.26 Å². The van der Waals surface area contributed by atoms with Crippen LogP contribution in [-0.4, -0.2) is 44.7 Å². The summed E-state index contributed by atoms with van der Waals surface area (Å²) in [6.45, 7) is 2.12. The molecule has 0 aliphatic carbocycles. The van der Waals surface area contributed by atoms with Crippen LogP contribution in [0.5, 0.6) is 11.5 Å². The number of hydrogen-bond acceptors (Lipinski definition) is 5. The Balaban J connectivity index is 1.99. The molecule has 2 aromatic carbocycles. The van der Waals surface area contributed by atoms with E-state index in [0.29, 0.717) is 17.9 Å². The molecule has 0 aliphatic rings. The molecule has 2 aromatic rings. The highest BCUT2D eigenvalue weighted by molar-refractivity contribution is 5.80. The maximum Gasteiger partial charge on any atom is 0.260 e. The minimum absolute atomic E-state index is 0.0350. The van der Waals surface area contributed by atoms with Gasteiger partial charge in [-0.1, -0.05) is 18.2 Å². The Morgan fingerprint density at radius 2 is 1.85 bits per heavy atom. The Bertz CT molecular complexity index is 797. The predicted octanol–water partition coefficient (Wildman–Crippen LogP) is 2.75. The molecule has 2 atom stereocenters. The molecule has 0 bridgehead atoms. The van der Waals surface area contributed by atoms with Crippen LogP contribution in [0.2, 0.25) is 0 Å². The summed E-state index contributed by atoms with van der Waals surface area (Å²) in [4.78, 5) is 14.5. The molecule has 142 valence electrons. The largest absolute Gasteiger partial charge is 0.496 e. The molecule has 0 spiro atoms. The maximum absolute atomic E-state index is 12.4. The summed E-state index contributed by atoms with van der Waals surface area (Å²) < 4.78 is 11.1. The van der Waals surface area contributed by atoms with Crippen LogP contribution in [0.1, 0.15) is 24.1 Å². The van der Waals surface area contributed by atoms with Crippen LogP contribution in [0.3, 0.4) is 0 Å². The number of carbonyl (C=O) groups excluding carboxylic acids is 1. The lowest BCUT2D eigenvalue weighted by molar-refractivity contribution is -0.127. The number of nitrogens with one attached hydrogen (secondary N) is 1. The normalized spacial score (nSPS) is 12.7. The lowest BCUT2D eigenvalue weighted by Gasteiger charge is -2.27. The van der Waals surface area contributed by atoms with Crippen molar-refractivity contribution >= 4 is 5.91 Å². The highest BCUT2D eigenvalue weighted by Gasteiger charge is 2.21. The van der Waals surface area contributed by atoms with Crippen molar-refractivity contribution in [2.75, 3.05) is 27.7 Å². The number of hydrogen-bond donors (Lipinski definition) is 1. The topological polar surface area (TPSA) is 74.6 Å². The zero-order valence-electron chi connectivity index (χ0n) is 16.1. The Morgan fingerprint density at radius 3 is 2.44 bits per heavy atom. The summed E-state index contributed by atoms with van der Waals surface area (Å²) in [5.74, 6) is 1.12. The van der Waals surface area contributed by atoms with Crippen molar-refractivity contribution in [2.45, 2.75) is 19.1 Å². The molecule has 0 fully saturated rings. The second kappa shape index (κ2) is 9.60. The molecule has 0 saturated carbocycles. The first-order chi connectivity index (χ1) is 13.0. The van der Waals surface area contributed by atoms with E-state index >= 15 is 0 Å². The Kier molecular flexibility index (Phi) is 7.21. The van der Waals surface area contributed by atoms with E-state index in [9.17, 15) is 4.79 Å². The first kappa shape index (κ1) is 20.3. The molecule has 2 unspecified atom stereocenters. The highest BCUT2D eigenvalue weighted by atomic mass is 16.5. The van der Waals surface area contributed by atoms with Crippen LogP contribution in [0.15, 0.2) is 48.5 Å². The van der Waals surface area contributed by atoms with E-state index < -0.39 is 6.10 Å². The molecule has 0 saturated heterocycles. The van der Waals surface area contributed by atoms with Crippen molar-refractivity contribution in [3.05, 3.63) is 59.7 Å². The number of amides is 1. The molecule has 0 aliphatic heterocycles. The molecular weight excluding hydrogens is 342 g/mol. The Morgan fingerprint density at radius 1 is 1.19 bits per heavy atom. The van der Waals surface area contributed by atoms with Gasteiger partial charge in [0.05, 0.1) is 24.8 Å². The van der Waals surface area contributed by atoms with E-state index in [-0.39, 0.29) is 11.9 Å². The Labute approximate surface area is 160 Å². The van der Waals surface area contributed by atoms with Crippen molar-refractivity contribution in [3.8, 4) is 17.6 Å². The van der Waals surface area contributed by atoms with Crippen LogP contribution < -0.4 is 14.8 Å². The minimum Gasteiger partial charge on any atom is -0.496 e. The van der Waals surface area contributed by atoms with Gasteiger partial charge in [-0.15, -0.1) is 0 Å². The van der Waals surface area contributed by atoms with E-state index in [1.54, 1.807) is 38.3 Å². The third-order valence-electron chi connectivity index (χ3n) is 4.26. The van der Waals surface area contributed by atoms with Gasteiger partial charge in [0, 0.05) is 12.1 Å². The molecule has 0 heterocycles. The van der Waals surface area contributed by atoms with Gasteiger partial charge in [0.1, 0.15) is 11.5 Å². The first-order valence-electron chi connectivity index (χ1n) is 8.70. The van der Waals surface area contributed by atoms with Crippen LogP contribution in [0, 0.1) is 11.3 Å². The first-order valence-corrected chi connectivity index (χ1v) is 8.70. The second-order valence-corrected chi connectivity index (χ2v) is 6.36. The van der Waals surface area contributed by atoms with Gasteiger partial charge in [-0.3, -0.25) is 4.79 Å². The van der Waals surface area contributed by atoms with E-state index in [2.05, 4.69) is 5.32 Å². The van der Waals surface area contributed by atoms with Gasteiger partial charge < -0.3 is 19.7 Å². The average molecular weight is 367 g/mol. The molecular formula is C21H25N3O3. The maximum atomic E-state index is 12.4. The fraction of sp³-hybridized carbons (Fsp3) is 0.333. The summed E-state index contributed by atoms with van der Waals surface area (Å²) in [5.41, 5.74) is 1.55. The van der Waals surface area contributed by atoms with E-state index in [1.165, 1.54) is 0 Å². The zero-order valence-corrected chi connectivity index (χ0v) is 16.1. The number of likely N-dealkylation sites (N-methyl/N-ethyl adjacent to an activating group) is 1. The molecule has 0 radical (unpaired) electrons. The highest BCUT2D eigenvalue weighted by Crippen LogP contribution is 2.27. The predicted molar refractivity (Wildman–Crippen MR) is 104 cm³/mol. The number of para-hydroxylation sites is 1. The number of carbonyl (C=O) groups is 1. The number of benzene rings is 2. The van der Waals surface area contributed by atoms with E-state index in [1.807, 2.05) is 49.3 Å². The monoisotopic (exact) mass is 367 g/mol. The third-order valence-corrected chi connectivity index (χ3v) is 4.26. The Hall–Kier alpha value is -3.04. The number of rotatable bonds is 8. The smallest absolute Gasteiger partial charge is 0.260 e. The zero-order chi connectivity index (χ0) is 19.8. The molecule has 1 N–H and O–H groups in total. The van der Waals surface area contributed by atoms with Crippen LogP contribution in [0.4, 0.5) is 0 Å². The standard InChI is InChI=1S/C21H25N3O3/c1-15(27-17-11-9-16(13-22)10-12-17)21(25)23-14-19(24(2)3)18-7-5-6-8-20(18)26-4/h5-12,15,19H,14H2,1-4H3,(H,23,25). The summed E-state index contributed by atoms with van der Waals surface area (Å²) in [6, 6.07) is 16.5. The lowest BCUT2D eigenvalue weighted by Crippen LogP contribution is -2.41. The molecule has 2 rings (SSSR count). The quantitative estimate of drug-likeness (QED) is 0.776. The van der Waals surface area contributed by atoms with Crippen LogP contribution in [-0.2, 0) is 4.79 Å². The minimum atomic E-state index is -0.654. The van der Waals surface area contributed by atoms with Crippen LogP contribution in [0.25, 0.3) is 0 Å². The summed E-state index contributed by atoms with van der Waals surface area (Å²) in [7, 11) is 5.55. The van der Waals surface area contributed by atoms with Crippen molar-refractivity contribution in [1.82, 2.24) is 10.2 Å². The molecule has 6 heteroatoms. The summed E-state index contributed by atoms with van der Waals surface area (Å²) in [6.07, 6.45) is -0.654. The number of nitriles is 1. The fourth-order valence-corrected chi connectivity index (χ4v) is 2.72. The number of nitrogens with zero attached hydrogens (tertiary/aromatic N) is 2. The third kappa shape index (κ3) is 5.47. The fourth-order valence-electron chi connectivity index (χ4n) is 2.72. The van der Waals surface area contributed by atoms with Crippen molar-refractivity contribution in [2.24, 2.45) is 0 Å². The van der Waals surface area contributed by atoms with Gasteiger partial charge in [0.25, 0.3) is 5.91 Å².